The first-order valence-corrected chi connectivity index (χ1v) is 10.0. The lowest BCUT2D eigenvalue weighted by molar-refractivity contribution is -0.151. The molecule has 1 aromatic heterocycles. The van der Waals surface area contributed by atoms with Crippen LogP contribution >= 0.6 is 0 Å². The van der Waals surface area contributed by atoms with E-state index < -0.39 is 6.04 Å². The number of hydrogen-bond acceptors (Lipinski definition) is 3. The standard InChI is InChI=1S/C24H30N2O2/c1-7-20(23(27)28-16(2)3)26-21-11-9-8-10-19(21)25-22(26)17-12-14-18(15-13-17)24(4,5)6/h8-16,20H,7H2,1-6H3. The summed E-state index contributed by atoms with van der Waals surface area (Å²) < 4.78 is 7.58. The molecule has 1 unspecified atom stereocenters. The molecule has 0 N–H and O–H groups in total. The van der Waals surface area contributed by atoms with Gasteiger partial charge in [0.05, 0.1) is 17.1 Å². The number of imidazole rings is 1. The van der Waals surface area contributed by atoms with Crippen molar-refractivity contribution in [2.75, 3.05) is 0 Å². The van der Waals surface area contributed by atoms with Crippen LogP contribution in [0, 0.1) is 0 Å². The van der Waals surface area contributed by atoms with Gasteiger partial charge in [0.1, 0.15) is 11.9 Å². The van der Waals surface area contributed by atoms with Gasteiger partial charge < -0.3 is 9.30 Å². The maximum atomic E-state index is 12.8. The van der Waals surface area contributed by atoms with Gasteiger partial charge in [-0.2, -0.15) is 0 Å². The number of para-hydroxylation sites is 2. The van der Waals surface area contributed by atoms with Crippen LogP contribution < -0.4 is 0 Å². The topological polar surface area (TPSA) is 44.1 Å². The molecule has 28 heavy (non-hydrogen) atoms. The van der Waals surface area contributed by atoms with Gasteiger partial charge in [-0.1, -0.05) is 64.1 Å². The lowest BCUT2D eigenvalue weighted by Gasteiger charge is -2.22. The van der Waals surface area contributed by atoms with E-state index in [4.69, 9.17) is 9.72 Å². The van der Waals surface area contributed by atoms with E-state index >= 15 is 0 Å². The summed E-state index contributed by atoms with van der Waals surface area (Å²) in [5, 5.41) is 0. The Morgan fingerprint density at radius 3 is 2.29 bits per heavy atom. The summed E-state index contributed by atoms with van der Waals surface area (Å²) >= 11 is 0. The van der Waals surface area contributed by atoms with Gasteiger partial charge in [0, 0.05) is 5.56 Å². The van der Waals surface area contributed by atoms with Crippen LogP contribution in [-0.4, -0.2) is 21.6 Å². The van der Waals surface area contributed by atoms with Gasteiger partial charge in [0.25, 0.3) is 0 Å². The second-order valence-electron chi connectivity index (χ2n) is 8.53. The number of rotatable bonds is 5. The highest BCUT2D eigenvalue weighted by atomic mass is 16.5. The Morgan fingerprint density at radius 1 is 1.07 bits per heavy atom. The molecule has 0 saturated heterocycles. The van der Waals surface area contributed by atoms with Crippen molar-refractivity contribution in [2.45, 2.75) is 65.5 Å². The highest BCUT2D eigenvalue weighted by molar-refractivity contribution is 5.85. The number of carbonyl (C=O) groups is 1. The molecule has 0 fully saturated rings. The number of benzene rings is 2. The molecule has 1 heterocycles. The van der Waals surface area contributed by atoms with Gasteiger partial charge in [-0.15, -0.1) is 0 Å². The summed E-state index contributed by atoms with van der Waals surface area (Å²) in [4.78, 5) is 17.7. The monoisotopic (exact) mass is 378 g/mol. The second-order valence-corrected chi connectivity index (χ2v) is 8.53. The third-order valence-corrected chi connectivity index (χ3v) is 4.93. The van der Waals surface area contributed by atoms with Crippen molar-refractivity contribution in [2.24, 2.45) is 0 Å². The van der Waals surface area contributed by atoms with E-state index in [2.05, 4.69) is 45.0 Å². The molecule has 0 spiro atoms. The fraction of sp³-hybridized carbons (Fsp3) is 0.417. The predicted molar refractivity (Wildman–Crippen MR) is 114 cm³/mol. The number of nitrogens with zero attached hydrogens (tertiary/aromatic N) is 2. The first-order valence-electron chi connectivity index (χ1n) is 10.0. The number of fused-ring (bicyclic) bond motifs is 1. The third kappa shape index (κ3) is 3.96. The van der Waals surface area contributed by atoms with Crippen LogP contribution in [0.1, 0.15) is 59.6 Å². The molecule has 0 aliphatic heterocycles. The van der Waals surface area contributed by atoms with Crippen LogP contribution in [0.25, 0.3) is 22.4 Å². The summed E-state index contributed by atoms with van der Waals surface area (Å²) in [5.74, 6) is 0.586. The predicted octanol–water partition coefficient (Wildman–Crippen LogP) is 5.90. The zero-order valence-electron chi connectivity index (χ0n) is 17.7. The van der Waals surface area contributed by atoms with Gasteiger partial charge >= 0.3 is 5.97 Å². The number of ether oxygens (including phenoxy) is 1. The average Bonchev–Trinajstić information content (AvgIpc) is 3.01. The highest BCUT2D eigenvalue weighted by Crippen LogP contribution is 2.32. The Labute approximate surface area is 167 Å². The van der Waals surface area contributed by atoms with Crippen molar-refractivity contribution < 1.29 is 9.53 Å². The molecule has 0 radical (unpaired) electrons. The first-order chi connectivity index (χ1) is 13.2. The minimum Gasteiger partial charge on any atom is -0.461 e. The minimum atomic E-state index is -0.410. The Kier molecular flexibility index (Phi) is 5.59. The van der Waals surface area contributed by atoms with Gasteiger partial charge in [-0.3, -0.25) is 0 Å². The Morgan fingerprint density at radius 2 is 1.71 bits per heavy atom. The lowest BCUT2D eigenvalue weighted by Crippen LogP contribution is -2.24. The van der Waals surface area contributed by atoms with E-state index in [0.717, 1.165) is 22.4 Å². The van der Waals surface area contributed by atoms with Gasteiger partial charge in [-0.25, -0.2) is 9.78 Å². The number of aromatic nitrogens is 2. The molecule has 0 saturated carbocycles. The fourth-order valence-corrected chi connectivity index (χ4v) is 3.45. The zero-order chi connectivity index (χ0) is 20.5. The molecule has 1 atom stereocenters. The van der Waals surface area contributed by atoms with Crippen LogP contribution in [0.15, 0.2) is 48.5 Å². The van der Waals surface area contributed by atoms with Gasteiger partial charge in [0.2, 0.25) is 0 Å². The van der Waals surface area contributed by atoms with Gasteiger partial charge in [0.15, 0.2) is 0 Å². The molecule has 3 aromatic rings. The smallest absolute Gasteiger partial charge is 0.329 e. The summed E-state index contributed by atoms with van der Waals surface area (Å²) in [6.07, 6.45) is 0.491. The first kappa shape index (κ1) is 20.1. The van der Waals surface area contributed by atoms with Gasteiger partial charge in [-0.05, 0) is 43.4 Å². The molecule has 2 aromatic carbocycles. The van der Waals surface area contributed by atoms with E-state index in [1.54, 1.807) is 0 Å². The Balaban J connectivity index is 2.15. The molecular weight excluding hydrogens is 348 g/mol. The average molecular weight is 379 g/mol. The Bertz CT molecular complexity index is 962. The molecule has 0 aliphatic rings. The summed E-state index contributed by atoms with van der Waals surface area (Å²) in [6.45, 7) is 12.4. The number of carbonyl (C=O) groups excluding carboxylic acids is 1. The number of hydrogen-bond donors (Lipinski definition) is 0. The maximum absolute atomic E-state index is 12.8. The van der Waals surface area contributed by atoms with Crippen molar-refractivity contribution in [3.8, 4) is 11.4 Å². The summed E-state index contributed by atoms with van der Waals surface area (Å²) in [5.41, 5.74) is 4.19. The van der Waals surface area contributed by atoms with Crippen LogP contribution in [0.4, 0.5) is 0 Å². The van der Waals surface area contributed by atoms with E-state index in [9.17, 15) is 4.79 Å². The molecule has 4 nitrogen and oxygen atoms in total. The second kappa shape index (κ2) is 7.78. The van der Waals surface area contributed by atoms with Crippen molar-refractivity contribution in [3.63, 3.8) is 0 Å². The highest BCUT2D eigenvalue weighted by Gasteiger charge is 2.27. The van der Waals surface area contributed by atoms with E-state index in [1.807, 2.05) is 49.6 Å². The molecule has 0 aliphatic carbocycles. The molecule has 3 rings (SSSR count). The molecule has 0 bridgehead atoms. The molecule has 148 valence electrons. The molecule has 4 heteroatoms. The van der Waals surface area contributed by atoms with Crippen LogP contribution in [-0.2, 0) is 14.9 Å². The number of esters is 1. The zero-order valence-corrected chi connectivity index (χ0v) is 17.7. The SMILES string of the molecule is CCC(C(=O)OC(C)C)n1c(-c2ccc(C(C)(C)C)cc2)nc2ccccc21. The van der Waals surface area contributed by atoms with Crippen molar-refractivity contribution in [3.05, 3.63) is 54.1 Å². The van der Waals surface area contributed by atoms with Crippen LogP contribution in [0.5, 0.6) is 0 Å². The fourth-order valence-electron chi connectivity index (χ4n) is 3.45. The van der Waals surface area contributed by atoms with E-state index in [0.29, 0.717) is 6.42 Å². The largest absolute Gasteiger partial charge is 0.461 e. The third-order valence-electron chi connectivity index (χ3n) is 4.93. The summed E-state index contributed by atoms with van der Waals surface area (Å²) in [7, 11) is 0. The molecular formula is C24H30N2O2. The minimum absolute atomic E-state index is 0.0890. The summed E-state index contributed by atoms with van der Waals surface area (Å²) in [6, 6.07) is 16.0. The normalized spacial score (nSPS) is 13.1. The maximum Gasteiger partial charge on any atom is 0.329 e. The molecule has 0 amide bonds. The van der Waals surface area contributed by atoms with Crippen LogP contribution in [0.3, 0.4) is 0 Å². The quantitative estimate of drug-likeness (QED) is 0.519. The van der Waals surface area contributed by atoms with Crippen molar-refractivity contribution in [1.82, 2.24) is 9.55 Å². The van der Waals surface area contributed by atoms with Crippen molar-refractivity contribution >= 4 is 17.0 Å². The Hall–Kier alpha value is -2.62. The van der Waals surface area contributed by atoms with Crippen molar-refractivity contribution in [1.29, 1.82) is 0 Å². The van der Waals surface area contributed by atoms with E-state index in [1.165, 1.54) is 5.56 Å². The lowest BCUT2D eigenvalue weighted by atomic mass is 9.86. The van der Waals surface area contributed by atoms with Crippen LogP contribution in [0.2, 0.25) is 0 Å². The van der Waals surface area contributed by atoms with E-state index in [-0.39, 0.29) is 17.5 Å².